The van der Waals surface area contributed by atoms with Gasteiger partial charge in [0.15, 0.2) is 5.43 Å². The SMILES string of the molecule is CC(=O)N1CCN(C(=O)C(C)n2ccc(=O)c3sccc32)CC1. The first-order chi connectivity index (χ1) is 11.0. The van der Waals surface area contributed by atoms with E-state index in [9.17, 15) is 14.4 Å². The third kappa shape index (κ3) is 2.88. The first-order valence-corrected chi connectivity index (χ1v) is 8.49. The van der Waals surface area contributed by atoms with Crippen molar-refractivity contribution in [1.29, 1.82) is 0 Å². The molecule has 0 saturated carbocycles. The van der Waals surface area contributed by atoms with Gasteiger partial charge in [0.2, 0.25) is 11.8 Å². The molecule has 1 saturated heterocycles. The lowest BCUT2D eigenvalue weighted by atomic mass is 10.2. The van der Waals surface area contributed by atoms with Crippen LogP contribution in [0.5, 0.6) is 0 Å². The van der Waals surface area contributed by atoms with E-state index in [1.807, 2.05) is 22.9 Å². The Morgan fingerprint density at radius 1 is 1.13 bits per heavy atom. The molecule has 1 aliphatic rings. The van der Waals surface area contributed by atoms with Crippen molar-refractivity contribution in [2.24, 2.45) is 0 Å². The van der Waals surface area contributed by atoms with Crippen molar-refractivity contribution < 1.29 is 9.59 Å². The highest BCUT2D eigenvalue weighted by molar-refractivity contribution is 7.17. The summed E-state index contributed by atoms with van der Waals surface area (Å²) < 4.78 is 2.53. The number of pyridine rings is 1. The topological polar surface area (TPSA) is 62.6 Å². The quantitative estimate of drug-likeness (QED) is 0.832. The Balaban J connectivity index is 1.80. The number of hydrogen-bond acceptors (Lipinski definition) is 4. The Labute approximate surface area is 137 Å². The van der Waals surface area contributed by atoms with Crippen molar-refractivity contribution >= 4 is 33.4 Å². The van der Waals surface area contributed by atoms with Crippen LogP contribution in [0.1, 0.15) is 19.9 Å². The molecule has 0 radical (unpaired) electrons. The van der Waals surface area contributed by atoms with Gasteiger partial charge in [-0.3, -0.25) is 14.4 Å². The van der Waals surface area contributed by atoms with E-state index in [1.54, 1.807) is 22.9 Å². The van der Waals surface area contributed by atoms with Crippen LogP contribution in [-0.2, 0) is 9.59 Å². The van der Waals surface area contributed by atoms with Gasteiger partial charge in [-0.15, -0.1) is 11.3 Å². The minimum Gasteiger partial charge on any atom is -0.339 e. The summed E-state index contributed by atoms with van der Waals surface area (Å²) in [6.45, 7) is 5.65. The van der Waals surface area contributed by atoms with Crippen molar-refractivity contribution in [3.63, 3.8) is 0 Å². The molecule has 0 N–H and O–H groups in total. The van der Waals surface area contributed by atoms with Crippen LogP contribution in [0.25, 0.3) is 10.2 Å². The van der Waals surface area contributed by atoms with Crippen molar-refractivity contribution in [2.75, 3.05) is 26.2 Å². The van der Waals surface area contributed by atoms with Crippen molar-refractivity contribution in [3.8, 4) is 0 Å². The van der Waals surface area contributed by atoms with E-state index in [0.29, 0.717) is 30.9 Å². The molecule has 1 atom stereocenters. The Kier molecular flexibility index (Phi) is 4.21. The number of nitrogens with zero attached hydrogens (tertiary/aromatic N) is 3. The summed E-state index contributed by atoms with van der Waals surface area (Å²) in [5.41, 5.74) is 0.784. The number of hydrogen-bond donors (Lipinski definition) is 0. The van der Waals surface area contributed by atoms with Gasteiger partial charge < -0.3 is 14.4 Å². The summed E-state index contributed by atoms with van der Waals surface area (Å²) in [4.78, 5) is 39.5. The zero-order valence-electron chi connectivity index (χ0n) is 13.2. The number of piperazine rings is 1. The van der Waals surface area contributed by atoms with Crippen LogP contribution >= 0.6 is 11.3 Å². The highest BCUT2D eigenvalue weighted by Gasteiger charge is 2.27. The Bertz CT molecular complexity index is 802. The predicted octanol–water partition coefficient (Wildman–Crippen LogP) is 1.31. The lowest BCUT2D eigenvalue weighted by Gasteiger charge is -2.35. The van der Waals surface area contributed by atoms with E-state index in [1.165, 1.54) is 17.4 Å². The summed E-state index contributed by atoms with van der Waals surface area (Å²) in [5, 5.41) is 1.87. The number of thiophene rings is 1. The maximum absolute atomic E-state index is 12.8. The van der Waals surface area contributed by atoms with Crippen LogP contribution in [0, 0.1) is 0 Å². The molecule has 0 aliphatic carbocycles. The van der Waals surface area contributed by atoms with Gasteiger partial charge in [0.1, 0.15) is 6.04 Å². The minimum atomic E-state index is -0.378. The molecule has 23 heavy (non-hydrogen) atoms. The zero-order chi connectivity index (χ0) is 16.6. The molecular weight excluding hydrogens is 314 g/mol. The van der Waals surface area contributed by atoms with Gasteiger partial charge in [-0.2, -0.15) is 0 Å². The molecule has 2 aromatic rings. The third-order valence-electron chi connectivity index (χ3n) is 4.34. The number of amides is 2. The molecule has 0 spiro atoms. The highest BCUT2D eigenvalue weighted by atomic mass is 32.1. The average Bonchev–Trinajstić information content (AvgIpc) is 3.04. The number of aromatic nitrogens is 1. The number of rotatable bonds is 2. The summed E-state index contributed by atoms with van der Waals surface area (Å²) in [5.74, 6) is 0.0647. The summed E-state index contributed by atoms with van der Waals surface area (Å²) in [6, 6.07) is 3.01. The molecule has 1 unspecified atom stereocenters. The summed E-state index contributed by atoms with van der Waals surface area (Å²) in [6.07, 6.45) is 1.69. The lowest BCUT2D eigenvalue weighted by molar-refractivity contribution is -0.140. The molecular formula is C16H19N3O3S. The minimum absolute atomic E-state index is 0.0130. The maximum atomic E-state index is 12.8. The zero-order valence-corrected chi connectivity index (χ0v) is 14.0. The van der Waals surface area contributed by atoms with E-state index in [2.05, 4.69) is 0 Å². The van der Waals surface area contributed by atoms with Crippen LogP contribution in [0.2, 0.25) is 0 Å². The van der Waals surface area contributed by atoms with Crippen LogP contribution < -0.4 is 5.43 Å². The standard InChI is InChI=1S/C16H19N3O3S/c1-11(16(22)18-8-6-17(7-9-18)12(2)20)19-5-3-14(21)15-13(19)4-10-23-15/h3-5,10-11H,6-9H2,1-2H3. The number of carbonyl (C=O) groups is 2. The van der Waals surface area contributed by atoms with Gasteiger partial charge in [-0.25, -0.2) is 0 Å². The smallest absolute Gasteiger partial charge is 0.245 e. The number of carbonyl (C=O) groups excluding carboxylic acids is 2. The second-order valence-electron chi connectivity index (χ2n) is 5.73. The maximum Gasteiger partial charge on any atom is 0.245 e. The predicted molar refractivity (Wildman–Crippen MR) is 89.6 cm³/mol. The molecule has 2 aromatic heterocycles. The fraction of sp³-hybridized carbons (Fsp3) is 0.438. The second kappa shape index (κ2) is 6.16. The van der Waals surface area contributed by atoms with Gasteiger partial charge in [0.25, 0.3) is 0 Å². The van der Waals surface area contributed by atoms with Crippen molar-refractivity contribution in [1.82, 2.24) is 14.4 Å². The van der Waals surface area contributed by atoms with E-state index in [0.717, 1.165) is 5.52 Å². The number of fused-ring (bicyclic) bond motifs is 1. The van der Waals surface area contributed by atoms with Crippen LogP contribution in [0.3, 0.4) is 0 Å². The van der Waals surface area contributed by atoms with Gasteiger partial charge >= 0.3 is 0 Å². The second-order valence-corrected chi connectivity index (χ2v) is 6.65. The Morgan fingerprint density at radius 2 is 1.78 bits per heavy atom. The normalized spacial score (nSPS) is 16.6. The lowest BCUT2D eigenvalue weighted by Crippen LogP contribution is -2.51. The first kappa shape index (κ1) is 15.7. The van der Waals surface area contributed by atoms with Crippen LogP contribution in [0.15, 0.2) is 28.5 Å². The molecule has 0 aromatic carbocycles. The largest absolute Gasteiger partial charge is 0.339 e. The first-order valence-electron chi connectivity index (χ1n) is 7.61. The van der Waals surface area contributed by atoms with E-state index in [4.69, 9.17) is 0 Å². The molecule has 122 valence electrons. The van der Waals surface area contributed by atoms with Crippen LogP contribution in [0.4, 0.5) is 0 Å². The molecule has 0 bridgehead atoms. The molecule has 2 amide bonds. The van der Waals surface area contributed by atoms with Gasteiger partial charge in [-0.1, -0.05) is 0 Å². The molecule has 1 aliphatic heterocycles. The molecule has 3 rings (SSSR count). The summed E-state index contributed by atoms with van der Waals surface area (Å²) in [7, 11) is 0. The van der Waals surface area contributed by atoms with Gasteiger partial charge in [-0.05, 0) is 18.4 Å². The molecule has 6 nitrogen and oxygen atoms in total. The van der Waals surface area contributed by atoms with E-state index in [-0.39, 0.29) is 23.3 Å². The Morgan fingerprint density at radius 3 is 2.43 bits per heavy atom. The highest BCUT2D eigenvalue weighted by Crippen LogP contribution is 2.21. The Hall–Kier alpha value is -2.15. The van der Waals surface area contributed by atoms with E-state index >= 15 is 0 Å². The molecule has 7 heteroatoms. The fourth-order valence-corrected chi connectivity index (χ4v) is 3.77. The third-order valence-corrected chi connectivity index (χ3v) is 5.26. The monoisotopic (exact) mass is 333 g/mol. The average molecular weight is 333 g/mol. The summed E-state index contributed by atoms with van der Waals surface area (Å²) >= 11 is 1.39. The van der Waals surface area contributed by atoms with Crippen molar-refractivity contribution in [3.05, 3.63) is 33.9 Å². The van der Waals surface area contributed by atoms with Gasteiger partial charge in [0.05, 0.1) is 10.2 Å². The van der Waals surface area contributed by atoms with Gasteiger partial charge in [0, 0.05) is 45.4 Å². The van der Waals surface area contributed by atoms with Crippen LogP contribution in [-0.4, -0.2) is 52.4 Å². The van der Waals surface area contributed by atoms with Crippen molar-refractivity contribution in [2.45, 2.75) is 19.9 Å². The fourth-order valence-electron chi connectivity index (χ4n) is 2.96. The van der Waals surface area contributed by atoms with E-state index < -0.39 is 0 Å². The molecule has 1 fully saturated rings. The molecule has 3 heterocycles.